The molecule has 3 heterocycles. The van der Waals surface area contributed by atoms with Crippen molar-refractivity contribution < 1.29 is 69.3 Å². The summed E-state index contributed by atoms with van der Waals surface area (Å²) in [5.74, 6) is -0.362. The highest BCUT2D eigenvalue weighted by molar-refractivity contribution is 5.86. The number of benzene rings is 2. The van der Waals surface area contributed by atoms with Crippen LogP contribution in [0.2, 0.25) is 0 Å². The number of aromatic hydroxyl groups is 1. The second-order valence-corrected chi connectivity index (χ2v) is 9.95. The van der Waals surface area contributed by atoms with Crippen LogP contribution >= 0.6 is 0 Å². The molecule has 10 atom stereocenters. The van der Waals surface area contributed by atoms with Crippen molar-refractivity contribution in [2.24, 2.45) is 0 Å². The Morgan fingerprint density at radius 1 is 0.667 bits per heavy atom. The van der Waals surface area contributed by atoms with Crippen LogP contribution in [0.25, 0.3) is 22.3 Å². The van der Waals surface area contributed by atoms with Crippen LogP contribution in [0.1, 0.15) is 0 Å². The Kier molecular flexibility index (Phi) is 8.68. The number of aliphatic hydroxyl groups is 8. The number of phenols is 1. The zero-order chi connectivity index (χ0) is 30.3. The standard InChI is InChI=1S/C27H30O15/c28-8-17-20(32)22(34)24(36)26(41-17)38-11-3-1-10(2-4-11)15-7-14(31)19-13(30)5-12(6-16(19)40-15)39-27-25(37)23(35)21(33)18(9-29)42-27/h1-7,17-18,20-30,32-37H,8-9H2/t17-,18-,20-,21-,22+,23+,24-,25-,26-,27-/m1/s1. The van der Waals surface area contributed by atoms with E-state index in [1.165, 1.54) is 30.3 Å². The third-order valence-corrected chi connectivity index (χ3v) is 7.12. The monoisotopic (exact) mass is 594 g/mol. The summed E-state index contributed by atoms with van der Waals surface area (Å²) in [5, 5.41) is 89.3. The molecule has 228 valence electrons. The van der Waals surface area contributed by atoms with E-state index in [2.05, 4.69) is 0 Å². The van der Waals surface area contributed by atoms with Crippen LogP contribution in [0.5, 0.6) is 17.2 Å². The number of aliphatic hydroxyl groups excluding tert-OH is 8. The zero-order valence-electron chi connectivity index (χ0n) is 21.7. The van der Waals surface area contributed by atoms with Crippen molar-refractivity contribution in [2.75, 3.05) is 13.2 Å². The van der Waals surface area contributed by atoms with E-state index in [9.17, 15) is 50.8 Å². The summed E-state index contributed by atoms with van der Waals surface area (Å²) in [4.78, 5) is 12.8. The summed E-state index contributed by atoms with van der Waals surface area (Å²) in [6.07, 6.45) is -15.0. The number of hydrogen-bond acceptors (Lipinski definition) is 15. The molecule has 2 fully saturated rings. The Labute approximate surface area is 236 Å². The molecule has 0 aliphatic carbocycles. The smallest absolute Gasteiger partial charge is 0.229 e. The largest absolute Gasteiger partial charge is 0.507 e. The summed E-state index contributed by atoms with van der Waals surface area (Å²) in [6, 6.07) is 9.40. The molecule has 5 rings (SSSR count). The van der Waals surface area contributed by atoms with Crippen molar-refractivity contribution >= 4 is 11.0 Å². The molecule has 0 radical (unpaired) electrons. The van der Waals surface area contributed by atoms with Gasteiger partial charge in [0.15, 0.2) is 5.43 Å². The van der Waals surface area contributed by atoms with E-state index < -0.39 is 85.8 Å². The lowest BCUT2D eigenvalue weighted by molar-refractivity contribution is -0.277. The van der Waals surface area contributed by atoms with Crippen molar-refractivity contribution in [1.82, 2.24) is 0 Å². The molecule has 0 amide bonds. The summed E-state index contributed by atoms with van der Waals surface area (Å²) in [6.45, 7) is -1.28. The van der Waals surface area contributed by atoms with E-state index in [1.54, 1.807) is 0 Å². The van der Waals surface area contributed by atoms with E-state index in [0.29, 0.717) is 5.56 Å². The first-order valence-electron chi connectivity index (χ1n) is 12.9. The fourth-order valence-corrected chi connectivity index (χ4v) is 4.75. The molecule has 3 aromatic rings. The maximum Gasteiger partial charge on any atom is 0.229 e. The van der Waals surface area contributed by atoms with Gasteiger partial charge in [0.1, 0.15) is 82.8 Å². The predicted octanol–water partition coefficient (Wildman–Crippen LogP) is -2.48. The molecule has 0 bridgehead atoms. The van der Waals surface area contributed by atoms with Gasteiger partial charge < -0.3 is 69.3 Å². The van der Waals surface area contributed by atoms with Crippen LogP contribution in [0.3, 0.4) is 0 Å². The van der Waals surface area contributed by atoms with Crippen molar-refractivity contribution in [1.29, 1.82) is 0 Å². The number of phenolic OH excluding ortho intramolecular Hbond substituents is 1. The first-order valence-corrected chi connectivity index (χ1v) is 12.9. The topological polar surface area (TPSA) is 249 Å². The molecule has 42 heavy (non-hydrogen) atoms. The molecule has 15 nitrogen and oxygen atoms in total. The van der Waals surface area contributed by atoms with E-state index in [1.807, 2.05) is 0 Å². The second kappa shape index (κ2) is 12.1. The van der Waals surface area contributed by atoms with Gasteiger partial charge in [-0.15, -0.1) is 0 Å². The maximum atomic E-state index is 12.8. The SMILES string of the molecule is O=c1cc(-c2ccc(O[C@@H]3O[C@H](CO)[C@@H](O)[C@H](O)[C@H]3O)cc2)oc2cc(O[C@@H]3O[C@H](CO)[C@@H](O)[C@H](O)[C@H]3O)cc(O)c12. The molecule has 1 aromatic heterocycles. The third kappa shape index (κ3) is 5.67. The number of hydrogen-bond donors (Lipinski definition) is 9. The van der Waals surface area contributed by atoms with Crippen LogP contribution < -0.4 is 14.9 Å². The number of rotatable bonds is 7. The van der Waals surface area contributed by atoms with Crippen LogP contribution in [0, 0.1) is 0 Å². The van der Waals surface area contributed by atoms with Crippen LogP contribution in [-0.2, 0) is 9.47 Å². The molecule has 9 N–H and O–H groups in total. The number of fused-ring (bicyclic) bond motifs is 1. The van der Waals surface area contributed by atoms with Gasteiger partial charge in [0.25, 0.3) is 0 Å². The molecule has 2 aliphatic rings. The van der Waals surface area contributed by atoms with Gasteiger partial charge in [-0.25, -0.2) is 0 Å². The fourth-order valence-electron chi connectivity index (χ4n) is 4.75. The van der Waals surface area contributed by atoms with Gasteiger partial charge in [-0.1, -0.05) is 0 Å². The first kappa shape index (κ1) is 30.1. The Balaban J connectivity index is 1.37. The lowest BCUT2D eigenvalue weighted by Crippen LogP contribution is -2.60. The van der Waals surface area contributed by atoms with E-state index in [-0.39, 0.29) is 28.2 Å². The minimum absolute atomic E-state index is 0.0799. The molecule has 0 spiro atoms. The zero-order valence-corrected chi connectivity index (χ0v) is 21.7. The summed E-state index contributed by atoms with van der Waals surface area (Å²) in [5.41, 5.74) is -0.293. The van der Waals surface area contributed by atoms with Crippen molar-refractivity contribution in [3.05, 3.63) is 52.7 Å². The average molecular weight is 595 g/mol. The van der Waals surface area contributed by atoms with E-state index >= 15 is 0 Å². The van der Waals surface area contributed by atoms with Gasteiger partial charge in [-0.3, -0.25) is 4.79 Å². The third-order valence-electron chi connectivity index (χ3n) is 7.12. The lowest BCUT2D eigenvalue weighted by Gasteiger charge is -2.39. The highest BCUT2D eigenvalue weighted by Crippen LogP contribution is 2.34. The second-order valence-electron chi connectivity index (χ2n) is 9.95. The van der Waals surface area contributed by atoms with Crippen molar-refractivity contribution in [3.8, 4) is 28.6 Å². The molecule has 2 aromatic carbocycles. The van der Waals surface area contributed by atoms with Gasteiger partial charge >= 0.3 is 0 Å². The van der Waals surface area contributed by atoms with Crippen LogP contribution in [0.15, 0.2) is 51.7 Å². The molecular formula is C27H30O15. The Morgan fingerprint density at radius 3 is 1.71 bits per heavy atom. The first-order chi connectivity index (χ1) is 20.0. The Morgan fingerprint density at radius 2 is 1.19 bits per heavy atom. The van der Waals surface area contributed by atoms with Crippen molar-refractivity contribution in [2.45, 2.75) is 61.4 Å². The number of ether oxygens (including phenoxy) is 4. The van der Waals surface area contributed by atoms with Gasteiger partial charge in [0, 0.05) is 23.8 Å². The Bertz CT molecular complexity index is 1440. The molecule has 2 aliphatic heterocycles. The average Bonchev–Trinajstić information content (AvgIpc) is 2.97. The quantitative estimate of drug-likeness (QED) is 0.137. The molecular weight excluding hydrogens is 564 g/mol. The summed E-state index contributed by atoms with van der Waals surface area (Å²) in [7, 11) is 0. The highest BCUT2D eigenvalue weighted by atomic mass is 16.7. The minimum Gasteiger partial charge on any atom is -0.507 e. The molecule has 0 unspecified atom stereocenters. The molecule has 0 saturated carbocycles. The summed E-state index contributed by atoms with van der Waals surface area (Å²) >= 11 is 0. The van der Waals surface area contributed by atoms with Gasteiger partial charge in [0.05, 0.1) is 13.2 Å². The van der Waals surface area contributed by atoms with E-state index in [4.69, 9.17) is 23.4 Å². The maximum absolute atomic E-state index is 12.8. The van der Waals surface area contributed by atoms with Crippen LogP contribution in [0.4, 0.5) is 0 Å². The van der Waals surface area contributed by atoms with Crippen molar-refractivity contribution in [3.63, 3.8) is 0 Å². The van der Waals surface area contributed by atoms with E-state index in [0.717, 1.165) is 12.1 Å². The predicted molar refractivity (Wildman–Crippen MR) is 138 cm³/mol. The lowest BCUT2D eigenvalue weighted by atomic mass is 9.99. The van der Waals surface area contributed by atoms with Crippen LogP contribution in [-0.4, -0.2) is 121 Å². The molecule has 15 heteroatoms. The highest BCUT2D eigenvalue weighted by Gasteiger charge is 2.45. The van der Waals surface area contributed by atoms with Gasteiger partial charge in [-0.05, 0) is 24.3 Å². The molecule has 2 saturated heterocycles. The normalized spacial score (nSPS) is 33.4. The van der Waals surface area contributed by atoms with Gasteiger partial charge in [0.2, 0.25) is 12.6 Å². The van der Waals surface area contributed by atoms with Gasteiger partial charge in [-0.2, -0.15) is 0 Å². The summed E-state index contributed by atoms with van der Waals surface area (Å²) < 4.78 is 27.6. The Hall–Kier alpha value is -3.35. The minimum atomic E-state index is -1.71. The fraction of sp³-hybridized carbons (Fsp3) is 0.444.